The van der Waals surface area contributed by atoms with Crippen LogP contribution in [0.3, 0.4) is 0 Å². The number of nitrogens with one attached hydrogen (secondary N) is 2. The van der Waals surface area contributed by atoms with E-state index in [2.05, 4.69) is 20.6 Å². The van der Waals surface area contributed by atoms with Gasteiger partial charge >= 0.3 is 6.03 Å². The van der Waals surface area contributed by atoms with Crippen molar-refractivity contribution >= 4 is 17.4 Å². The Morgan fingerprint density at radius 2 is 1.77 bits per heavy atom. The van der Waals surface area contributed by atoms with Gasteiger partial charge in [-0.2, -0.15) is 5.10 Å². The van der Waals surface area contributed by atoms with E-state index in [0.717, 1.165) is 39.4 Å². The molecule has 2 heterocycles. The van der Waals surface area contributed by atoms with Gasteiger partial charge < -0.3 is 20.1 Å². The summed E-state index contributed by atoms with van der Waals surface area (Å²) in [5.41, 5.74) is 1.22. The van der Waals surface area contributed by atoms with E-state index in [-0.39, 0.29) is 6.03 Å². The van der Waals surface area contributed by atoms with E-state index in [1.165, 1.54) is 0 Å². The maximum absolute atomic E-state index is 12.5. The molecular formula is C22H25N5O3. The normalized spacial score (nSPS) is 14.3. The second-order valence-electron chi connectivity index (χ2n) is 6.94. The van der Waals surface area contributed by atoms with Crippen LogP contribution >= 0.6 is 0 Å². The molecule has 156 valence electrons. The van der Waals surface area contributed by atoms with Gasteiger partial charge in [0.15, 0.2) is 5.75 Å². The molecule has 0 radical (unpaired) electrons. The molecule has 1 saturated heterocycles. The fraction of sp³-hybridized carbons (Fsp3) is 0.273. The molecule has 2 N–H and O–H groups in total. The van der Waals surface area contributed by atoms with Crippen LogP contribution in [0.1, 0.15) is 0 Å². The third-order valence-corrected chi connectivity index (χ3v) is 4.75. The molecule has 1 aliphatic heterocycles. The molecule has 4 rings (SSSR count). The van der Waals surface area contributed by atoms with Gasteiger partial charge in [0.25, 0.3) is 0 Å². The molecule has 0 aliphatic carbocycles. The monoisotopic (exact) mass is 407 g/mol. The van der Waals surface area contributed by atoms with Crippen LogP contribution in [0, 0.1) is 0 Å². The zero-order valence-electron chi connectivity index (χ0n) is 16.7. The molecule has 2 aromatic carbocycles. The standard InChI is InChI=1S/C22H25N5O3/c28-22(24-18-16-23-27(17-18)11-10-26-12-14-29-15-13-26)25-20-8-4-5-9-21(20)30-19-6-2-1-3-7-19/h1-9,16-17H,10-15H2,(H2,24,25,28). The lowest BCUT2D eigenvalue weighted by Crippen LogP contribution is -2.38. The Bertz CT molecular complexity index is 954. The molecule has 8 nitrogen and oxygen atoms in total. The molecule has 0 bridgehead atoms. The first-order chi connectivity index (χ1) is 14.8. The van der Waals surface area contributed by atoms with E-state index in [1.807, 2.05) is 59.4 Å². The Morgan fingerprint density at radius 3 is 2.60 bits per heavy atom. The third-order valence-electron chi connectivity index (χ3n) is 4.75. The highest BCUT2D eigenvalue weighted by Gasteiger charge is 2.12. The van der Waals surface area contributed by atoms with Gasteiger partial charge in [-0.3, -0.25) is 9.58 Å². The summed E-state index contributed by atoms with van der Waals surface area (Å²) in [6, 6.07) is 16.4. The lowest BCUT2D eigenvalue weighted by Gasteiger charge is -2.26. The van der Waals surface area contributed by atoms with Crippen LogP contribution in [0.25, 0.3) is 0 Å². The highest BCUT2D eigenvalue weighted by molar-refractivity contribution is 6.00. The summed E-state index contributed by atoms with van der Waals surface area (Å²) in [6.45, 7) is 5.11. The second kappa shape index (κ2) is 9.91. The van der Waals surface area contributed by atoms with Gasteiger partial charge in [0, 0.05) is 25.8 Å². The van der Waals surface area contributed by atoms with Crippen LogP contribution in [0.4, 0.5) is 16.2 Å². The fourth-order valence-electron chi connectivity index (χ4n) is 3.18. The van der Waals surface area contributed by atoms with Crippen LogP contribution in [-0.2, 0) is 11.3 Å². The van der Waals surface area contributed by atoms with Crippen molar-refractivity contribution in [2.24, 2.45) is 0 Å². The molecule has 1 aromatic heterocycles. The van der Waals surface area contributed by atoms with Crippen molar-refractivity contribution in [2.75, 3.05) is 43.5 Å². The van der Waals surface area contributed by atoms with E-state index >= 15 is 0 Å². The van der Waals surface area contributed by atoms with Crippen molar-refractivity contribution < 1.29 is 14.3 Å². The lowest BCUT2D eigenvalue weighted by molar-refractivity contribution is 0.0360. The number of hydrogen-bond donors (Lipinski definition) is 2. The predicted octanol–water partition coefficient (Wildman–Crippen LogP) is 3.65. The number of carbonyl (C=O) groups is 1. The van der Waals surface area contributed by atoms with Gasteiger partial charge in [-0.1, -0.05) is 30.3 Å². The van der Waals surface area contributed by atoms with Crippen molar-refractivity contribution in [3.8, 4) is 11.5 Å². The summed E-state index contributed by atoms with van der Waals surface area (Å²) in [6.07, 6.45) is 3.47. The molecule has 30 heavy (non-hydrogen) atoms. The number of rotatable bonds is 7. The number of ether oxygens (including phenoxy) is 2. The molecule has 0 saturated carbocycles. The quantitative estimate of drug-likeness (QED) is 0.625. The zero-order valence-corrected chi connectivity index (χ0v) is 16.7. The molecule has 8 heteroatoms. The van der Waals surface area contributed by atoms with Crippen molar-refractivity contribution in [2.45, 2.75) is 6.54 Å². The number of amides is 2. The summed E-state index contributed by atoms with van der Waals surface area (Å²) < 4.78 is 13.1. The number of aromatic nitrogens is 2. The Balaban J connectivity index is 1.31. The summed E-state index contributed by atoms with van der Waals surface area (Å²) in [7, 11) is 0. The maximum atomic E-state index is 12.5. The summed E-state index contributed by atoms with van der Waals surface area (Å²) in [5.74, 6) is 1.27. The lowest BCUT2D eigenvalue weighted by atomic mass is 10.3. The Morgan fingerprint density at radius 1 is 1.00 bits per heavy atom. The van der Waals surface area contributed by atoms with Crippen molar-refractivity contribution in [3.05, 3.63) is 67.0 Å². The van der Waals surface area contributed by atoms with Gasteiger partial charge in [0.1, 0.15) is 5.75 Å². The first-order valence-corrected chi connectivity index (χ1v) is 9.99. The SMILES string of the molecule is O=C(Nc1cnn(CCN2CCOCC2)c1)Nc1ccccc1Oc1ccccc1. The van der Waals surface area contributed by atoms with Gasteiger partial charge in [0.2, 0.25) is 0 Å². The molecule has 2 amide bonds. The maximum Gasteiger partial charge on any atom is 0.323 e. The molecule has 1 aliphatic rings. The molecule has 0 atom stereocenters. The van der Waals surface area contributed by atoms with Crippen LogP contribution in [0.5, 0.6) is 11.5 Å². The van der Waals surface area contributed by atoms with Gasteiger partial charge in [-0.15, -0.1) is 0 Å². The molecule has 0 unspecified atom stereocenters. The van der Waals surface area contributed by atoms with Crippen molar-refractivity contribution in [1.29, 1.82) is 0 Å². The third kappa shape index (κ3) is 5.59. The average molecular weight is 407 g/mol. The fourth-order valence-corrected chi connectivity index (χ4v) is 3.18. The number of anilines is 2. The molecule has 3 aromatic rings. The Kier molecular flexibility index (Phi) is 6.58. The minimum Gasteiger partial charge on any atom is -0.455 e. The minimum absolute atomic E-state index is 0.355. The summed E-state index contributed by atoms with van der Waals surface area (Å²) >= 11 is 0. The van der Waals surface area contributed by atoms with Gasteiger partial charge in [0.05, 0.1) is 37.3 Å². The van der Waals surface area contributed by atoms with Crippen molar-refractivity contribution in [1.82, 2.24) is 14.7 Å². The van der Waals surface area contributed by atoms with E-state index in [4.69, 9.17) is 9.47 Å². The largest absolute Gasteiger partial charge is 0.455 e. The van der Waals surface area contributed by atoms with Crippen LogP contribution in [-0.4, -0.2) is 53.6 Å². The topological polar surface area (TPSA) is 80.7 Å². The van der Waals surface area contributed by atoms with Gasteiger partial charge in [-0.05, 0) is 24.3 Å². The number of carbonyl (C=O) groups excluding carboxylic acids is 1. The predicted molar refractivity (Wildman–Crippen MR) is 115 cm³/mol. The van der Waals surface area contributed by atoms with Crippen LogP contribution in [0.2, 0.25) is 0 Å². The molecule has 1 fully saturated rings. The van der Waals surface area contributed by atoms with E-state index < -0.39 is 0 Å². The summed E-state index contributed by atoms with van der Waals surface area (Å²) in [5, 5.41) is 9.98. The van der Waals surface area contributed by atoms with Crippen molar-refractivity contribution in [3.63, 3.8) is 0 Å². The smallest absolute Gasteiger partial charge is 0.323 e. The van der Waals surface area contributed by atoms with E-state index in [1.54, 1.807) is 12.3 Å². The zero-order chi connectivity index (χ0) is 20.6. The first-order valence-electron chi connectivity index (χ1n) is 9.99. The van der Waals surface area contributed by atoms with Crippen LogP contribution < -0.4 is 15.4 Å². The highest BCUT2D eigenvalue weighted by atomic mass is 16.5. The van der Waals surface area contributed by atoms with E-state index in [9.17, 15) is 4.79 Å². The highest BCUT2D eigenvalue weighted by Crippen LogP contribution is 2.29. The van der Waals surface area contributed by atoms with Crippen LogP contribution in [0.15, 0.2) is 67.0 Å². The number of para-hydroxylation sites is 3. The van der Waals surface area contributed by atoms with E-state index in [0.29, 0.717) is 22.9 Å². The first kappa shape index (κ1) is 19.9. The Hall–Kier alpha value is -3.36. The Labute approximate surface area is 175 Å². The molecular weight excluding hydrogens is 382 g/mol. The average Bonchev–Trinajstić information content (AvgIpc) is 3.22. The minimum atomic E-state index is -0.355. The molecule has 0 spiro atoms. The number of nitrogens with zero attached hydrogens (tertiary/aromatic N) is 3. The number of urea groups is 1. The summed E-state index contributed by atoms with van der Waals surface area (Å²) in [4.78, 5) is 14.8. The number of benzene rings is 2. The van der Waals surface area contributed by atoms with Gasteiger partial charge in [-0.25, -0.2) is 4.79 Å². The number of hydrogen-bond acceptors (Lipinski definition) is 5. The number of morpholine rings is 1. The second-order valence-corrected chi connectivity index (χ2v) is 6.94.